The fourth-order valence-corrected chi connectivity index (χ4v) is 14.5. The quantitative estimate of drug-likeness (QED) is 0.0568. The molecule has 0 saturated carbocycles. The number of imide groups is 1. The van der Waals surface area contributed by atoms with Crippen molar-refractivity contribution in [3.8, 4) is 0 Å². The Morgan fingerprint density at radius 1 is 0.935 bits per heavy atom. The van der Waals surface area contributed by atoms with E-state index in [1.807, 2.05) is 0 Å². The van der Waals surface area contributed by atoms with Gasteiger partial charge in [0.25, 0.3) is 5.91 Å². The second-order valence-corrected chi connectivity index (χ2v) is 39.5. The minimum atomic E-state index is -2.58. The molecule has 0 radical (unpaired) electrons. The first-order valence-corrected chi connectivity index (χ1v) is 28.1. The second kappa shape index (κ2) is 15.2. The summed E-state index contributed by atoms with van der Waals surface area (Å²) >= 11 is 0. The lowest BCUT2D eigenvalue weighted by molar-refractivity contribution is -0.150. The molecule has 2 fully saturated rings. The van der Waals surface area contributed by atoms with Crippen LogP contribution >= 0.6 is 0 Å². The summed E-state index contributed by atoms with van der Waals surface area (Å²) in [6, 6.07) is -0.825. The summed E-state index contributed by atoms with van der Waals surface area (Å²) in [6.07, 6.45) is 11.5. The fraction of sp³-hybridized carbons (Fsp3) is 0.857. The molecule has 2 rings (SSSR count). The van der Waals surface area contributed by atoms with Crippen molar-refractivity contribution >= 4 is 41.3 Å². The second-order valence-electron chi connectivity index (χ2n) is 17.8. The zero-order valence-corrected chi connectivity index (χ0v) is 34.7. The van der Waals surface area contributed by atoms with Gasteiger partial charge in [0.05, 0.1) is 26.3 Å². The van der Waals surface area contributed by atoms with Gasteiger partial charge < -0.3 is 19.0 Å². The highest BCUT2D eigenvalue weighted by Gasteiger charge is 2.70. The fourth-order valence-electron chi connectivity index (χ4n) is 6.00. The summed E-state index contributed by atoms with van der Waals surface area (Å²) < 4.78 is 18.2. The smallest absolute Gasteiger partial charge is 0.417 e. The molecular weight excluding hydrogens is 631 g/mol. The van der Waals surface area contributed by atoms with Gasteiger partial charge in [-0.25, -0.2) is 9.69 Å². The standard InChI is InChI=1S/C35H67NO7Si3/c1-15-16-17-18-19-20-21-22-27-28(42-27)23-24-29(37)35(40)30(45(11,12)44(8,9)10)26(25-41-46(13,14)34(5,6)7)36(31(35)38)32(39)43-33(2,3)4/h23-24,26-28,30,40H,15-22,25H2,1-14H3/b24-23+/t26-,27-,28-,30-,35+/m1/s1. The molecule has 11 heteroatoms. The third-order valence-corrected chi connectivity index (χ3v) is 34.2. The number of nitrogens with zero attached hydrogens (tertiary/aromatic N) is 1. The normalized spacial score (nSPS) is 26.2. The van der Waals surface area contributed by atoms with E-state index in [0.29, 0.717) is 0 Å². The molecule has 2 heterocycles. The number of rotatable bonds is 16. The molecule has 0 bridgehead atoms. The van der Waals surface area contributed by atoms with E-state index >= 15 is 0 Å². The van der Waals surface area contributed by atoms with Gasteiger partial charge in [0.1, 0.15) is 11.7 Å². The van der Waals surface area contributed by atoms with E-state index in [4.69, 9.17) is 13.9 Å². The van der Waals surface area contributed by atoms with Crippen molar-refractivity contribution in [3.05, 3.63) is 12.2 Å². The lowest BCUT2D eigenvalue weighted by atomic mass is 9.93. The number of carbonyl (C=O) groups is 3. The first-order valence-electron chi connectivity index (χ1n) is 17.6. The average Bonchev–Trinajstić information content (AvgIpc) is 3.59. The van der Waals surface area contributed by atoms with Gasteiger partial charge in [-0.15, -0.1) is 0 Å². The molecule has 0 aromatic heterocycles. The van der Waals surface area contributed by atoms with Gasteiger partial charge in [-0.2, -0.15) is 0 Å². The van der Waals surface area contributed by atoms with Crippen molar-refractivity contribution in [3.63, 3.8) is 0 Å². The Balaban J connectivity index is 2.43. The van der Waals surface area contributed by atoms with Crippen LogP contribution in [0.1, 0.15) is 99.8 Å². The van der Waals surface area contributed by atoms with Crippen molar-refractivity contribution in [2.75, 3.05) is 6.61 Å². The molecule has 2 aliphatic rings. The molecule has 1 N–H and O–H groups in total. The number of hydrogen-bond acceptors (Lipinski definition) is 7. The summed E-state index contributed by atoms with van der Waals surface area (Å²) in [6.45, 7) is 29.1. The van der Waals surface area contributed by atoms with Crippen LogP contribution in [0.3, 0.4) is 0 Å². The third kappa shape index (κ3) is 9.74. The van der Waals surface area contributed by atoms with Crippen LogP contribution in [0, 0.1) is 0 Å². The minimum absolute atomic E-state index is 0.0542. The first kappa shape index (κ1) is 41.1. The van der Waals surface area contributed by atoms with Gasteiger partial charge in [-0.05, 0) is 57.5 Å². The molecule has 0 unspecified atom stereocenters. The molecule has 5 atom stereocenters. The number of epoxide rings is 1. The lowest BCUT2D eigenvalue weighted by Crippen LogP contribution is -2.65. The Morgan fingerprint density at radius 3 is 1.98 bits per heavy atom. The number of amides is 2. The number of aliphatic hydroxyl groups is 1. The molecule has 46 heavy (non-hydrogen) atoms. The summed E-state index contributed by atoms with van der Waals surface area (Å²) in [4.78, 5) is 43.3. The van der Waals surface area contributed by atoms with E-state index in [9.17, 15) is 19.5 Å². The van der Waals surface area contributed by atoms with Crippen LogP contribution in [0.4, 0.5) is 4.79 Å². The molecular formula is C35H67NO7Si3. The van der Waals surface area contributed by atoms with Crippen molar-refractivity contribution in [1.29, 1.82) is 0 Å². The summed E-state index contributed by atoms with van der Waals surface area (Å²) in [7, 11) is -6.96. The summed E-state index contributed by atoms with van der Waals surface area (Å²) in [5.41, 5.74) is -4.03. The number of unbranched alkanes of at least 4 members (excludes halogenated alkanes) is 6. The Labute approximate surface area is 283 Å². The van der Waals surface area contributed by atoms with Crippen LogP contribution in [0.5, 0.6) is 0 Å². The molecule has 2 saturated heterocycles. The van der Waals surface area contributed by atoms with E-state index in [0.717, 1.165) is 17.7 Å². The Kier molecular flexibility index (Phi) is 13.6. The largest absolute Gasteiger partial charge is 0.443 e. The maximum absolute atomic E-state index is 14.4. The zero-order chi connectivity index (χ0) is 35.5. The summed E-state index contributed by atoms with van der Waals surface area (Å²) in [5.74, 6) is -1.59. The first-order chi connectivity index (χ1) is 20.8. The molecule has 0 aromatic carbocycles. The van der Waals surface area contributed by atoms with Gasteiger partial charge in [0.2, 0.25) is 5.60 Å². The highest BCUT2D eigenvalue weighted by atomic mass is 29.3. The molecule has 0 aromatic rings. The van der Waals surface area contributed by atoms with Crippen LogP contribution in [0.2, 0.25) is 56.4 Å². The highest BCUT2D eigenvalue weighted by molar-refractivity contribution is 7.41. The Bertz CT molecular complexity index is 1100. The molecule has 0 aliphatic carbocycles. The summed E-state index contributed by atoms with van der Waals surface area (Å²) in [5, 5.41) is 12.4. The van der Waals surface area contributed by atoms with Crippen LogP contribution in [0.15, 0.2) is 12.2 Å². The zero-order valence-electron chi connectivity index (χ0n) is 31.7. The van der Waals surface area contributed by atoms with E-state index in [1.165, 1.54) is 44.6 Å². The van der Waals surface area contributed by atoms with Crippen molar-refractivity contribution in [1.82, 2.24) is 4.90 Å². The monoisotopic (exact) mass is 697 g/mol. The molecule has 266 valence electrons. The molecule has 2 amide bonds. The predicted molar refractivity (Wildman–Crippen MR) is 195 cm³/mol. The number of hydrogen-bond donors (Lipinski definition) is 1. The Morgan fingerprint density at radius 2 is 1.48 bits per heavy atom. The maximum Gasteiger partial charge on any atom is 0.417 e. The van der Waals surface area contributed by atoms with Gasteiger partial charge in [0, 0.05) is 13.1 Å². The number of ether oxygens (including phenoxy) is 2. The number of ketones is 1. The van der Waals surface area contributed by atoms with E-state index in [2.05, 4.69) is 73.5 Å². The molecule has 0 spiro atoms. The third-order valence-electron chi connectivity index (χ3n) is 11.0. The minimum Gasteiger partial charge on any atom is -0.443 e. The average molecular weight is 698 g/mol. The van der Waals surface area contributed by atoms with Gasteiger partial charge in [-0.1, -0.05) is 105 Å². The van der Waals surface area contributed by atoms with Crippen molar-refractivity contribution < 1.29 is 33.4 Å². The van der Waals surface area contributed by atoms with Crippen LogP contribution < -0.4 is 0 Å². The molecule has 2 aliphatic heterocycles. The van der Waals surface area contributed by atoms with Crippen LogP contribution in [0.25, 0.3) is 0 Å². The SMILES string of the molecule is CCCCCCCCC[C@H]1O[C@@H]1/C=C/C(=O)[C@@]1(O)C(=O)N(C(=O)OC(C)(C)C)[C@H](CO[Si](C)(C)C(C)(C)C)[C@H]1[Si](C)(C)[Si](C)(C)C. The van der Waals surface area contributed by atoms with Gasteiger partial charge >= 0.3 is 6.09 Å². The van der Waals surface area contributed by atoms with Gasteiger partial charge in [-0.3, -0.25) is 9.59 Å². The number of likely N-dealkylation sites (tertiary alicyclic amines) is 1. The van der Waals surface area contributed by atoms with Gasteiger partial charge in [0.15, 0.2) is 14.1 Å². The van der Waals surface area contributed by atoms with Crippen LogP contribution in [-0.2, 0) is 23.5 Å². The topological polar surface area (TPSA) is 106 Å². The highest BCUT2D eigenvalue weighted by Crippen LogP contribution is 2.50. The van der Waals surface area contributed by atoms with E-state index in [1.54, 1.807) is 26.8 Å². The number of carbonyl (C=O) groups excluding carboxylic acids is 3. The lowest BCUT2D eigenvalue weighted by Gasteiger charge is -2.47. The predicted octanol–water partition coefficient (Wildman–Crippen LogP) is 8.41. The van der Waals surface area contributed by atoms with E-state index in [-0.39, 0.29) is 23.9 Å². The maximum atomic E-state index is 14.4. The molecule has 8 nitrogen and oxygen atoms in total. The Hall–Kier alpha value is -1.12. The van der Waals surface area contributed by atoms with Crippen molar-refractivity contribution in [2.45, 2.75) is 186 Å². The van der Waals surface area contributed by atoms with Crippen molar-refractivity contribution in [2.24, 2.45) is 0 Å². The van der Waals surface area contributed by atoms with Crippen LogP contribution in [-0.4, -0.2) is 87.3 Å². The van der Waals surface area contributed by atoms with E-state index < -0.39 is 64.1 Å².